The van der Waals surface area contributed by atoms with E-state index in [1.165, 1.54) is 16.4 Å². The largest absolute Gasteiger partial charge is 0.308 e. The number of hydrogen-bond acceptors (Lipinski definition) is 5. The molecular formula is C13H12ClN3O3S2. The average molecular weight is 358 g/mol. The number of pyridine rings is 1. The third-order valence-electron chi connectivity index (χ3n) is 3.29. The number of carbonyl (C=O) groups is 1. The molecule has 0 unspecified atom stereocenters. The second-order valence-electron chi connectivity index (χ2n) is 4.65. The molecule has 2 aromatic rings. The lowest BCUT2D eigenvalue weighted by Crippen LogP contribution is -2.52. The van der Waals surface area contributed by atoms with Gasteiger partial charge in [0.25, 0.3) is 10.0 Å². The highest BCUT2D eigenvalue weighted by atomic mass is 35.5. The molecule has 6 nitrogen and oxygen atoms in total. The summed E-state index contributed by atoms with van der Waals surface area (Å²) in [6, 6.07) is 6.50. The van der Waals surface area contributed by atoms with Crippen molar-refractivity contribution in [3.05, 3.63) is 41.0 Å². The number of piperazine rings is 1. The van der Waals surface area contributed by atoms with E-state index in [0.717, 1.165) is 11.3 Å². The van der Waals surface area contributed by atoms with Crippen LogP contribution in [0.3, 0.4) is 0 Å². The van der Waals surface area contributed by atoms with Crippen LogP contribution in [0.15, 0.2) is 40.9 Å². The second kappa shape index (κ2) is 5.96. The van der Waals surface area contributed by atoms with Crippen molar-refractivity contribution in [1.82, 2.24) is 9.29 Å². The maximum absolute atomic E-state index is 12.5. The minimum atomic E-state index is -3.68. The molecule has 9 heteroatoms. The topological polar surface area (TPSA) is 70.6 Å². The van der Waals surface area contributed by atoms with Gasteiger partial charge in [-0.1, -0.05) is 11.6 Å². The third-order valence-corrected chi connectivity index (χ3v) is 6.83. The zero-order valence-corrected chi connectivity index (χ0v) is 13.7. The molecular weight excluding hydrogens is 346 g/mol. The van der Waals surface area contributed by atoms with Crippen LogP contribution in [-0.2, 0) is 14.8 Å². The first-order valence-corrected chi connectivity index (χ1v) is 9.08. The number of nitrogens with zero attached hydrogens (tertiary/aromatic N) is 3. The van der Waals surface area contributed by atoms with E-state index in [-0.39, 0.29) is 23.2 Å². The van der Waals surface area contributed by atoms with E-state index in [2.05, 4.69) is 4.98 Å². The molecule has 1 aliphatic heterocycles. The maximum Gasteiger partial charge on any atom is 0.253 e. The monoisotopic (exact) mass is 357 g/mol. The summed E-state index contributed by atoms with van der Waals surface area (Å²) in [7, 11) is -3.68. The summed E-state index contributed by atoms with van der Waals surface area (Å²) in [6.07, 6.45) is 3.20. The van der Waals surface area contributed by atoms with Gasteiger partial charge in [-0.3, -0.25) is 9.78 Å². The second-order valence-corrected chi connectivity index (χ2v) is 8.53. The predicted molar refractivity (Wildman–Crippen MR) is 84.7 cm³/mol. The molecule has 0 aromatic carbocycles. The van der Waals surface area contributed by atoms with Crippen molar-refractivity contribution < 1.29 is 13.2 Å². The Morgan fingerprint density at radius 1 is 1.23 bits per heavy atom. The lowest BCUT2D eigenvalue weighted by Gasteiger charge is -2.33. The highest BCUT2D eigenvalue weighted by molar-refractivity contribution is 7.91. The van der Waals surface area contributed by atoms with Crippen LogP contribution in [0, 0.1) is 0 Å². The van der Waals surface area contributed by atoms with Gasteiger partial charge in [-0.15, -0.1) is 11.3 Å². The van der Waals surface area contributed by atoms with Crippen molar-refractivity contribution in [2.24, 2.45) is 0 Å². The normalized spacial score (nSPS) is 17.0. The highest BCUT2D eigenvalue weighted by Gasteiger charge is 2.34. The molecule has 0 atom stereocenters. The molecule has 0 N–H and O–H groups in total. The minimum absolute atomic E-state index is 0.153. The molecule has 1 fully saturated rings. The van der Waals surface area contributed by atoms with Gasteiger partial charge in [0.1, 0.15) is 4.21 Å². The zero-order chi connectivity index (χ0) is 15.7. The number of aromatic nitrogens is 1. The van der Waals surface area contributed by atoms with Gasteiger partial charge in [0, 0.05) is 19.3 Å². The first-order valence-electron chi connectivity index (χ1n) is 6.44. The molecule has 3 heterocycles. The van der Waals surface area contributed by atoms with Crippen molar-refractivity contribution in [1.29, 1.82) is 0 Å². The summed E-state index contributed by atoms with van der Waals surface area (Å²) >= 11 is 6.78. The molecule has 0 spiro atoms. The number of thiophene rings is 1. The van der Waals surface area contributed by atoms with Gasteiger partial charge in [0.05, 0.1) is 22.8 Å². The predicted octanol–water partition coefficient (Wildman–Crippen LogP) is 1.83. The molecule has 22 heavy (non-hydrogen) atoms. The molecule has 0 radical (unpaired) electrons. The third kappa shape index (κ3) is 2.87. The first kappa shape index (κ1) is 15.4. The lowest BCUT2D eigenvalue weighted by molar-refractivity contribution is -0.119. The fourth-order valence-corrected chi connectivity index (χ4v) is 5.22. The fourth-order valence-electron chi connectivity index (χ4n) is 2.21. The molecule has 1 amide bonds. The molecule has 3 rings (SSSR count). The van der Waals surface area contributed by atoms with E-state index in [9.17, 15) is 13.2 Å². The lowest BCUT2D eigenvalue weighted by atomic mass is 10.3. The Balaban J connectivity index is 1.79. The van der Waals surface area contributed by atoms with Crippen LogP contribution in [0.1, 0.15) is 0 Å². The standard InChI is InChI=1S/C13H12ClN3O3S2/c14-11-3-4-13(21-11)22(19,20)16-6-7-17(12(18)9-16)10-2-1-5-15-8-10/h1-5,8H,6-7,9H2. The maximum atomic E-state index is 12.5. The zero-order valence-electron chi connectivity index (χ0n) is 11.3. The van der Waals surface area contributed by atoms with E-state index in [1.807, 2.05) is 0 Å². The van der Waals surface area contributed by atoms with Crippen molar-refractivity contribution in [2.45, 2.75) is 4.21 Å². The van der Waals surface area contributed by atoms with Crippen LogP contribution in [0.4, 0.5) is 5.69 Å². The molecule has 0 aliphatic carbocycles. The van der Waals surface area contributed by atoms with Gasteiger partial charge in [-0.25, -0.2) is 8.42 Å². The SMILES string of the molecule is O=C1CN(S(=O)(=O)c2ccc(Cl)s2)CCN1c1cccnc1. The van der Waals surface area contributed by atoms with Crippen molar-refractivity contribution in [2.75, 3.05) is 24.5 Å². The van der Waals surface area contributed by atoms with E-state index in [4.69, 9.17) is 11.6 Å². The Bertz CT molecular complexity index is 792. The summed E-state index contributed by atoms with van der Waals surface area (Å²) in [4.78, 5) is 17.8. The van der Waals surface area contributed by atoms with Crippen LogP contribution in [0.5, 0.6) is 0 Å². The van der Waals surface area contributed by atoms with Crippen molar-refractivity contribution >= 4 is 44.6 Å². The minimum Gasteiger partial charge on any atom is -0.308 e. The Labute approximate surface area is 137 Å². The molecule has 1 aliphatic rings. The van der Waals surface area contributed by atoms with Crippen LogP contribution < -0.4 is 4.90 Å². The number of amides is 1. The Kier molecular flexibility index (Phi) is 4.18. The van der Waals surface area contributed by atoms with Crippen molar-refractivity contribution in [3.63, 3.8) is 0 Å². The summed E-state index contributed by atoms with van der Waals surface area (Å²) in [5.41, 5.74) is 0.670. The summed E-state index contributed by atoms with van der Waals surface area (Å²) < 4.78 is 26.7. The van der Waals surface area contributed by atoms with Gasteiger partial charge in [-0.2, -0.15) is 4.31 Å². The van der Waals surface area contributed by atoms with Crippen LogP contribution in [-0.4, -0.2) is 43.2 Å². The number of halogens is 1. The molecule has 2 aromatic heterocycles. The van der Waals surface area contributed by atoms with E-state index >= 15 is 0 Å². The van der Waals surface area contributed by atoms with Gasteiger partial charge in [-0.05, 0) is 24.3 Å². The van der Waals surface area contributed by atoms with Gasteiger partial charge < -0.3 is 4.90 Å². The van der Waals surface area contributed by atoms with E-state index < -0.39 is 10.0 Å². The highest BCUT2D eigenvalue weighted by Crippen LogP contribution is 2.29. The quantitative estimate of drug-likeness (QED) is 0.840. The van der Waals surface area contributed by atoms with Crippen LogP contribution in [0.2, 0.25) is 4.34 Å². The Hall–Kier alpha value is -1.48. The summed E-state index contributed by atoms with van der Waals surface area (Å²) in [6.45, 7) is 0.341. The number of sulfonamides is 1. The van der Waals surface area contributed by atoms with Crippen LogP contribution in [0.25, 0.3) is 0 Å². The molecule has 1 saturated heterocycles. The van der Waals surface area contributed by atoms with Gasteiger partial charge in [0.2, 0.25) is 5.91 Å². The first-order chi connectivity index (χ1) is 10.5. The van der Waals surface area contributed by atoms with E-state index in [0.29, 0.717) is 16.6 Å². The molecule has 116 valence electrons. The van der Waals surface area contributed by atoms with Crippen molar-refractivity contribution in [3.8, 4) is 0 Å². The molecule has 0 bridgehead atoms. The summed E-state index contributed by atoms with van der Waals surface area (Å²) in [5.74, 6) is -0.273. The summed E-state index contributed by atoms with van der Waals surface area (Å²) in [5, 5.41) is 0. The average Bonchev–Trinajstić information content (AvgIpc) is 2.95. The number of carbonyl (C=O) groups excluding carboxylic acids is 1. The van der Waals surface area contributed by atoms with Crippen LogP contribution >= 0.6 is 22.9 Å². The Morgan fingerprint density at radius 3 is 2.64 bits per heavy atom. The van der Waals surface area contributed by atoms with E-state index in [1.54, 1.807) is 29.4 Å². The van der Waals surface area contributed by atoms with Gasteiger partial charge in [0.15, 0.2) is 0 Å². The smallest absolute Gasteiger partial charge is 0.253 e. The molecule has 0 saturated carbocycles. The number of rotatable bonds is 3. The van der Waals surface area contributed by atoms with Gasteiger partial charge >= 0.3 is 0 Å². The number of anilines is 1. The Morgan fingerprint density at radius 2 is 2.05 bits per heavy atom. The fraction of sp³-hybridized carbons (Fsp3) is 0.231. The number of hydrogen-bond donors (Lipinski definition) is 0.